The third-order valence-electron chi connectivity index (χ3n) is 4.45. The van der Waals surface area contributed by atoms with Crippen LogP contribution in [0.3, 0.4) is 0 Å². The molecule has 0 bridgehead atoms. The number of nitrogens with one attached hydrogen (secondary N) is 3. The molecule has 15 heteroatoms. The lowest BCUT2D eigenvalue weighted by molar-refractivity contribution is -0.142. The van der Waals surface area contributed by atoms with Crippen LogP contribution >= 0.6 is 28.1 Å². The monoisotopic (exact) mass is 577 g/mol. The molecule has 2 aromatic heterocycles. The summed E-state index contributed by atoms with van der Waals surface area (Å²) in [5.74, 6) is -0.0395. The zero-order valence-electron chi connectivity index (χ0n) is 17.6. The lowest BCUT2D eigenvalue weighted by Crippen LogP contribution is -2.30. The second-order valence-corrected chi connectivity index (χ2v) is 9.79. The second-order valence-electron chi connectivity index (χ2n) is 6.91. The largest absolute Gasteiger partial charge is 0.436 e. The van der Waals surface area contributed by atoms with Crippen LogP contribution in [-0.4, -0.2) is 39.8 Å². The first-order valence-corrected chi connectivity index (χ1v) is 12.4. The Labute approximate surface area is 207 Å². The van der Waals surface area contributed by atoms with Gasteiger partial charge < -0.3 is 10.6 Å². The number of rotatable bonds is 8. The lowest BCUT2D eigenvalue weighted by Gasteiger charge is -2.12. The quantitative estimate of drug-likeness (QED) is 0.272. The maximum absolute atomic E-state index is 12.9. The van der Waals surface area contributed by atoms with Gasteiger partial charge in [0.15, 0.2) is 10.8 Å². The summed E-state index contributed by atoms with van der Waals surface area (Å²) in [6.07, 6.45) is -1.22. The zero-order chi connectivity index (χ0) is 24.9. The Morgan fingerprint density at radius 1 is 1.18 bits per heavy atom. The van der Waals surface area contributed by atoms with E-state index in [0.717, 1.165) is 0 Å². The molecular weight excluding hydrogens is 559 g/mol. The predicted molar refractivity (Wildman–Crippen MR) is 128 cm³/mol. The smallest absolute Gasteiger partial charge is 0.362 e. The molecule has 2 heterocycles. The molecule has 1 aromatic carbocycles. The normalized spacial score (nSPS) is 11.8. The first kappa shape index (κ1) is 25.8. The van der Waals surface area contributed by atoms with E-state index in [4.69, 9.17) is 12.2 Å². The highest BCUT2D eigenvalue weighted by Gasteiger charge is 2.37. The number of alkyl halides is 3. The van der Waals surface area contributed by atoms with Gasteiger partial charge in [-0.25, -0.2) is 23.1 Å². The maximum atomic E-state index is 12.9. The van der Waals surface area contributed by atoms with Crippen molar-refractivity contribution in [3.8, 4) is 0 Å². The van der Waals surface area contributed by atoms with Crippen molar-refractivity contribution < 1.29 is 21.6 Å². The van der Waals surface area contributed by atoms with Crippen LogP contribution < -0.4 is 15.4 Å². The Hall–Kier alpha value is -2.78. The molecular formula is C19H19BrF3N7O2S2. The first-order valence-electron chi connectivity index (χ1n) is 9.72. The van der Waals surface area contributed by atoms with Crippen LogP contribution in [0.4, 0.5) is 24.8 Å². The van der Waals surface area contributed by atoms with Crippen LogP contribution in [0.25, 0.3) is 0 Å². The van der Waals surface area contributed by atoms with E-state index < -0.39 is 21.9 Å². The van der Waals surface area contributed by atoms with Gasteiger partial charge in [0.1, 0.15) is 0 Å². The van der Waals surface area contributed by atoms with Crippen molar-refractivity contribution >= 4 is 54.9 Å². The number of anilines is 2. The van der Waals surface area contributed by atoms with Crippen molar-refractivity contribution in [3.05, 3.63) is 58.6 Å². The highest BCUT2D eigenvalue weighted by molar-refractivity contribution is 9.10. The molecule has 0 unspecified atom stereocenters. The summed E-state index contributed by atoms with van der Waals surface area (Å²) in [6, 6.07) is 7.44. The number of nitrogens with zero attached hydrogens (tertiary/aromatic N) is 4. The molecule has 0 aliphatic carbocycles. The predicted octanol–water partition coefficient (Wildman–Crippen LogP) is 3.94. The SMILES string of the molecule is Cc1c(Br)c(C(F)(F)F)nn1CCCNC(=S)Nc1ccc(S(=O)(=O)Nc2ncccn2)cc1. The molecule has 0 aliphatic rings. The van der Waals surface area contributed by atoms with Crippen molar-refractivity contribution in [2.24, 2.45) is 0 Å². The van der Waals surface area contributed by atoms with Gasteiger partial charge in [-0.1, -0.05) is 0 Å². The van der Waals surface area contributed by atoms with Crippen LogP contribution in [0.2, 0.25) is 0 Å². The second kappa shape index (κ2) is 10.7. The van der Waals surface area contributed by atoms with Crippen molar-refractivity contribution in [2.45, 2.75) is 31.0 Å². The third-order valence-corrected chi connectivity index (χ3v) is 6.99. The highest BCUT2D eigenvalue weighted by atomic mass is 79.9. The molecule has 0 radical (unpaired) electrons. The molecule has 0 fully saturated rings. The number of halogens is 4. The highest BCUT2D eigenvalue weighted by Crippen LogP contribution is 2.35. The van der Waals surface area contributed by atoms with Gasteiger partial charge in [-0.2, -0.15) is 18.3 Å². The van der Waals surface area contributed by atoms with Crippen LogP contribution in [-0.2, 0) is 22.7 Å². The molecule has 3 rings (SSSR count). The standard InChI is InChI=1S/C19H19BrF3N7O2S2/c1-12-15(20)16(19(21,22)23)28-30(12)11-3-10-26-18(33)27-13-4-6-14(7-5-13)34(31,32)29-17-24-8-2-9-25-17/h2,4-9H,3,10-11H2,1H3,(H,24,25,29)(H2,26,27,33). The molecule has 0 spiro atoms. The molecule has 0 saturated heterocycles. The summed E-state index contributed by atoms with van der Waals surface area (Å²) in [6.45, 7) is 2.20. The van der Waals surface area contributed by atoms with Gasteiger partial charge >= 0.3 is 6.18 Å². The van der Waals surface area contributed by atoms with Gasteiger partial charge in [-0.05, 0) is 71.8 Å². The van der Waals surface area contributed by atoms with E-state index in [1.807, 2.05) is 0 Å². The lowest BCUT2D eigenvalue weighted by atomic mass is 10.3. The summed E-state index contributed by atoms with van der Waals surface area (Å²) in [4.78, 5) is 7.67. The molecule has 0 atom stereocenters. The van der Waals surface area contributed by atoms with E-state index >= 15 is 0 Å². The van der Waals surface area contributed by atoms with E-state index in [2.05, 4.69) is 46.4 Å². The topological polar surface area (TPSA) is 114 Å². The summed E-state index contributed by atoms with van der Waals surface area (Å²) >= 11 is 8.15. The number of aryl methyl sites for hydroxylation is 1. The summed E-state index contributed by atoms with van der Waals surface area (Å²) < 4.78 is 67.2. The van der Waals surface area contributed by atoms with Crippen molar-refractivity contribution in [1.29, 1.82) is 0 Å². The number of aromatic nitrogens is 4. The number of benzene rings is 1. The minimum absolute atomic E-state index is 0.0170. The number of sulfonamides is 1. The molecule has 0 saturated carbocycles. The van der Waals surface area contributed by atoms with Gasteiger partial charge in [0.25, 0.3) is 10.0 Å². The molecule has 182 valence electrons. The average molecular weight is 578 g/mol. The van der Waals surface area contributed by atoms with Gasteiger partial charge in [-0.15, -0.1) is 0 Å². The number of thiocarbonyl (C=S) groups is 1. The number of hydrogen-bond acceptors (Lipinski definition) is 6. The van der Waals surface area contributed by atoms with Gasteiger partial charge in [0.2, 0.25) is 5.95 Å². The van der Waals surface area contributed by atoms with E-state index in [9.17, 15) is 21.6 Å². The van der Waals surface area contributed by atoms with E-state index in [1.165, 1.54) is 41.3 Å². The molecule has 34 heavy (non-hydrogen) atoms. The summed E-state index contributed by atoms with van der Waals surface area (Å²) in [5.41, 5.74) is -0.0161. The fraction of sp³-hybridized carbons (Fsp3) is 0.263. The maximum Gasteiger partial charge on any atom is 0.436 e. The Bertz CT molecular complexity index is 1250. The third kappa shape index (κ3) is 6.64. The minimum atomic E-state index is -4.53. The van der Waals surface area contributed by atoms with Crippen molar-refractivity contribution in [2.75, 3.05) is 16.6 Å². The Morgan fingerprint density at radius 3 is 2.41 bits per heavy atom. The fourth-order valence-electron chi connectivity index (χ4n) is 2.78. The number of hydrogen-bond donors (Lipinski definition) is 3. The van der Waals surface area contributed by atoms with Crippen LogP contribution in [0.5, 0.6) is 0 Å². The Balaban J connectivity index is 1.48. The van der Waals surface area contributed by atoms with E-state index in [-0.39, 0.29) is 27.0 Å². The average Bonchev–Trinajstić information content (AvgIpc) is 3.06. The first-order chi connectivity index (χ1) is 16.0. The van der Waals surface area contributed by atoms with Crippen LogP contribution in [0.1, 0.15) is 17.8 Å². The Morgan fingerprint density at radius 2 is 1.82 bits per heavy atom. The van der Waals surface area contributed by atoms with Gasteiger partial charge in [0.05, 0.1) is 15.1 Å². The minimum Gasteiger partial charge on any atom is -0.362 e. The van der Waals surface area contributed by atoms with Gasteiger partial charge in [0, 0.05) is 31.2 Å². The van der Waals surface area contributed by atoms with E-state index in [1.54, 1.807) is 13.0 Å². The van der Waals surface area contributed by atoms with E-state index in [0.29, 0.717) is 24.3 Å². The van der Waals surface area contributed by atoms with Crippen LogP contribution in [0, 0.1) is 6.92 Å². The molecule has 0 amide bonds. The van der Waals surface area contributed by atoms with Crippen molar-refractivity contribution in [1.82, 2.24) is 25.1 Å². The summed E-state index contributed by atoms with van der Waals surface area (Å²) in [5, 5.41) is 9.77. The van der Waals surface area contributed by atoms with Crippen LogP contribution in [0.15, 0.2) is 52.1 Å². The van der Waals surface area contributed by atoms with Crippen molar-refractivity contribution in [3.63, 3.8) is 0 Å². The molecule has 3 N–H and O–H groups in total. The molecule has 3 aromatic rings. The molecule has 0 aliphatic heterocycles. The van der Waals surface area contributed by atoms with Gasteiger partial charge in [-0.3, -0.25) is 4.68 Å². The Kier molecular flexibility index (Phi) is 8.09. The fourth-order valence-corrected chi connectivity index (χ4v) is 4.46. The summed E-state index contributed by atoms with van der Waals surface area (Å²) in [7, 11) is -3.85. The zero-order valence-corrected chi connectivity index (χ0v) is 20.8. The molecule has 9 nitrogen and oxygen atoms in total.